The van der Waals surface area contributed by atoms with Crippen molar-refractivity contribution >= 4 is 11.6 Å². The molecule has 0 radical (unpaired) electrons. The number of benzene rings is 2. The number of hydrogen-bond donors (Lipinski definition) is 1. The molecule has 0 fully saturated rings. The molecule has 2 aromatic rings. The van der Waals surface area contributed by atoms with Gasteiger partial charge < -0.3 is 0 Å². The van der Waals surface area contributed by atoms with Crippen molar-refractivity contribution < 1.29 is 9.37 Å². The Morgan fingerprint density at radius 1 is 1.10 bits per heavy atom. The van der Waals surface area contributed by atoms with E-state index in [2.05, 4.69) is 6.07 Å². The fourth-order valence-electron chi connectivity index (χ4n) is 2.66. The van der Waals surface area contributed by atoms with Gasteiger partial charge in [-0.05, 0) is 13.0 Å². The monoisotopic (exact) mass is 265 g/mol. The first kappa shape index (κ1) is 12.6. The molecule has 2 N–H and O–H groups in total. The number of nitrogens with zero attached hydrogens (tertiary/aromatic N) is 1. The number of carbonyl (C=O) groups is 1. The molecule has 1 aliphatic heterocycles. The number of Topliss-reactive ketones (excluding diaryl/α,β-unsaturated/α-hetero) is 1. The Labute approximate surface area is 118 Å². The molecule has 1 unspecified atom stereocenters. The molecule has 3 rings (SSSR count). The van der Waals surface area contributed by atoms with E-state index in [1.165, 1.54) is 5.56 Å². The van der Waals surface area contributed by atoms with E-state index < -0.39 is 0 Å². The number of hydrogen-bond acceptors (Lipinski definition) is 2. The first-order chi connectivity index (χ1) is 9.68. The quantitative estimate of drug-likeness (QED) is 0.683. The summed E-state index contributed by atoms with van der Waals surface area (Å²) in [5, 5.41) is 0. The Kier molecular flexibility index (Phi) is 3.11. The van der Waals surface area contributed by atoms with Crippen LogP contribution in [0.15, 0.2) is 54.6 Å². The SMILES string of the molecule is CC(C(=O)c1ccccc1)[N+]1=C(N)c2ccccc2C1. The summed E-state index contributed by atoms with van der Waals surface area (Å²) < 4.78 is 1.97. The Hall–Kier alpha value is -2.42. The van der Waals surface area contributed by atoms with Gasteiger partial charge in [0.15, 0.2) is 6.04 Å². The molecule has 3 nitrogen and oxygen atoms in total. The van der Waals surface area contributed by atoms with Gasteiger partial charge in [-0.25, -0.2) is 4.58 Å². The molecule has 0 amide bonds. The van der Waals surface area contributed by atoms with Crippen LogP contribution in [0.2, 0.25) is 0 Å². The molecule has 0 spiro atoms. The molecular weight excluding hydrogens is 248 g/mol. The number of fused-ring (bicyclic) bond motifs is 1. The number of ketones is 1. The second-order valence-corrected chi connectivity index (χ2v) is 5.08. The summed E-state index contributed by atoms with van der Waals surface area (Å²) in [6, 6.07) is 17.1. The van der Waals surface area contributed by atoms with Crippen molar-refractivity contribution in [2.75, 3.05) is 0 Å². The predicted molar refractivity (Wildman–Crippen MR) is 78.9 cm³/mol. The molecule has 0 saturated carbocycles. The summed E-state index contributed by atoms with van der Waals surface area (Å²) in [6.45, 7) is 2.61. The van der Waals surface area contributed by atoms with E-state index in [0.717, 1.165) is 11.1 Å². The Bertz CT molecular complexity index is 689. The number of amidine groups is 1. The lowest BCUT2D eigenvalue weighted by atomic mass is 10.1. The van der Waals surface area contributed by atoms with Gasteiger partial charge in [-0.15, -0.1) is 0 Å². The van der Waals surface area contributed by atoms with Crippen LogP contribution in [0.5, 0.6) is 0 Å². The molecule has 0 aliphatic carbocycles. The summed E-state index contributed by atoms with van der Waals surface area (Å²) in [7, 11) is 0. The molecule has 1 atom stereocenters. The van der Waals surface area contributed by atoms with Crippen LogP contribution in [0, 0.1) is 0 Å². The summed E-state index contributed by atoms with van der Waals surface area (Å²) in [5.74, 6) is 0.790. The van der Waals surface area contributed by atoms with Gasteiger partial charge in [0.2, 0.25) is 5.78 Å². The van der Waals surface area contributed by atoms with Gasteiger partial charge >= 0.3 is 0 Å². The van der Waals surface area contributed by atoms with Gasteiger partial charge in [0.25, 0.3) is 5.84 Å². The van der Waals surface area contributed by atoms with Gasteiger partial charge in [-0.3, -0.25) is 10.5 Å². The largest absolute Gasteiger partial charge is 0.289 e. The van der Waals surface area contributed by atoms with Crippen LogP contribution in [0.4, 0.5) is 0 Å². The lowest BCUT2D eigenvalue weighted by molar-refractivity contribution is -0.558. The number of rotatable bonds is 3. The molecule has 1 aliphatic rings. The van der Waals surface area contributed by atoms with Gasteiger partial charge in [0, 0.05) is 11.1 Å². The summed E-state index contributed by atoms with van der Waals surface area (Å²) in [6.07, 6.45) is 0. The highest BCUT2D eigenvalue weighted by atomic mass is 16.1. The topological polar surface area (TPSA) is 46.1 Å². The zero-order valence-electron chi connectivity index (χ0n) is 11.4. The molecule has 0 aromatic heterocycles. The zero-order chi connectivity index (χ0) is 14.1. The van der Waals surface area contributed by atoms with Crippen molar-refractivity contribution in [2.45, 2.75) is 19.5 Å². The molecule has 20 heavy (non-hydrogen) atoms. The highest BCUT2D eigenvalue weighted by molar-refractivity contribution is 6.01. The minimum atomic E-state index is -0.259. The van der Waals surface area contributed by atoms with Crippen LogP contribution in [-0.4, -0.2) is 22.2 Å². The summed E-state index contributed by atoms with van der Waals surface area (Å²) >= 11 is 0. The second-order valence-electron chi connectivity index (χ2n) is 5.08. The summed E-state index contributed by atoms with van der Waals surface area (Å²) in [4.78, 5) is 12.5. The van der Waals surface area contributed by atoms with Crippen molar-refractivity contribution in [3.63, 3.8) is 0 Å². The smallest absolute Gasteiger partial charge is 0.276 e. The molecule has 0 saturated heterocycles. The van der Waals surface area contributed by atoms with Crippen LogP contribution in [-0.2, 0) is 6.54 Å². The van der Waals surface area contributed by atoms with Crippen LogP contribution in [0.1, 0.15) is 28.4 Å². The van der Waals surface area contributed by atoms with E-state index in [-0.39, 0.29) is 11.8 Å². The van der Waals surface area contributed by atoms with Crippen molar-refractivity contribution in [3.8, 4) is 0 Å². The Morgan fingerprint density at radius 3 is 2.45 bits per heavy atom. The van der Waals surface area contributed by atoms with Crippen LogP contribution in [0.3, 0.4) is 0 Å². The molecular formula is C17H17N2O+. The summed E-state index contributed by atoms with van der Waals surface area (Å²) in [5.41, 5.74) is 9.14. The van der Waals surface area contributed by atoms with Gasteiger partial charge in [0.1, 0.15) is 6.54 Å². The van der Waals surface area contributed by atoms with E-state index >= 15 is 0 Å². The molecule has 2 aromatic carbocycles. The first-order valence-electron chi connectivity index (χ1n) is 6.75. The normalized spacial score (nSPS) is 15.1. The lowest BCUT2D eigenvalue weighted by Gasteiger charge is -2.12. The van der Waals surface area contributed by atoms with Crippen molar-refractivity contribution in [3.05, 3.63) is 71.3 Å². The number of carbonyl (C=O) groups excluding carboxylic acids is 1. The Balaban J connectivity index is 1.92. The van der Waals surface area contributed by atoms with E-state index in [4.69, 9.17) is 5.73 Å². The fraction of sp³-hybridized carbons (Fsp3) is 0.176. The van der Waals surface area contributed by atoms with Crippen molar-refractivity contribution in [1.29, 1.82) is 0 Å². The molecule has 1 heterocycles. The third-order valence-electron chi connectivity index (χ3n) is 3.85. The van der Waals surface area contributed by atoms with Gasteiger partial charge in [-0.2, -0.15) is 0 Å². The van der Waals surface area contributed by atoms with Crippen LogP contribution in [0.25, 0.3) is 0 Å². The molecule has 100 valence electrons. The van der Waals surface area contributed by atoms with Gasteiger partial charge in [-0.1, -0.05) is 48.5 Å². The highest BCUT2D eigenvalue weighted by Crippen LogP contribution is 2.19. The fourth-order valence-corrected chi connectivity index (χ4v) is 2.66. The standard InChI is InChI=1S/C17H16N2O/c1-12(16(20)13-7-3-2-4-8-13)19-11-14-9-5-6-10-15(14)17(19)18/h2-10,12,18H,11H2,1H3/p+1. The van der Waals surface area contributed by atoms with Gasteiger partial charge in [0.05, 0.1) is 5.56 Å². The molecule has 0 bridgehead atoms. The Morgan fingerprint density at radius 2 is 1.75 bits per heavy atom. The van der Waals surface area contributed by atoms with E-state index in [1.807, 2.05) is 60.0 Å². The average Bonchev–Trinajstić information content (AvgIpc) is 2.84. The minimum absolute atomic E-state index is 0.0985. The van der Waals surface area contributed by atoms with Crippen LogP contribution >= 0.6 is 0 Å². The number of nitrogens with two attached hydrogens (primary N) is 1. The van der Waals surface area contributed by atoms with Crippen molar-refractivity contribution in [2.24, 2.45) is 5.73 Å². The second kappa shape index (κ2) is 4.93. The van der Waals surface area contributed by atoms with E-state index in [9.17, 15) is 4.79 Å². The lowest BCUT2D eigenvalue weighted by Crippen LogP contribution is -2.35. The average molecular weight is 265 g/mol. The minimum Gasteiger partial charge on any atom is -0.289 e. The third-order valence-corrected chi connectivity index (χ3v) is 3.85. The maximum absolute atomic E-state index is 12.5. The predicted octanol–water partition coefficient (Wildman–Crippen LogP) is 2.19. The van der Waals surface area contributed by atoms with Crippen molar-refractivity contribution in [1.82, 2.24) is 0 Å². The first-order valence-corrected chi connectivity index (χ1v) is 6.75. The molecule has 3 heteroatoms. The maximum atomic E-state index is 12.5. The maximum Gasteiger partial charge on any atom is 0.276 e. The third kappa shape index (κ3) is 2.01. The van der Waals surface area contributed by atoms with Crippen LogP contribution < -0.4 is 5.73 Å². The highest BCUT2D eigenvalue weighted by Gasteiger charge is 2.31. The zero-order valence-corrected chi connectivity index (χ0v) is 11.4. The van der Waals surface area contributed by atoms with E-state index in [0.29, 0.717) is 12.4 Å². The van der Waals surface area contributed by atoms with E-state index in [1.54, 1.807) is 0 Å².